The van der Waals surface area contributed by atoms with Gasteiger partial charge in [0.15, 0.2) is 11.5 Å². The Morgan fingerprint density at radius 1 is 1.06 bits per heavy atom. The summed E-state index contributed by atoms with van der Waals surface area (Å²) >= 11 is 0. The van der Waals surface area contributed by atoms with Gasteiger partial charge in [-0.1, -0.05) is 27.3 Å². The molecule has 1 aliphatic heterocycles. The summed E-state index contributed by atoms with van der Waals surface area (Å²) in [6.07, 6.45) is 0.964. The Labute approximate surface area is 102 Å². The van der Waals surface area contributed by atoms with Crippen LogP contribution in [0.1, 0.15) is 39.2 Å². The van der Waals surface area contributed by atoms with Gasteiger partial charge in [-0.25, -0.2) is 0 Å². The third-order valence-corrected chi connectivity index (χ3v) is 2.44. The summed E-state index contributed by atoms with van der Waals surface area (Å²) in [5.41, 5.74) is 1.30. The molecule has 0 aromatic heterocycles. The van der Waals surface area contributed by atoms with E-state index in [2.05, 4.69) is 26.0 Å². The van der Waals surface area contributed by atoms with Gasteiger partial charge < -0.3 is 9.47 Å². The summed E-state index contributed by atoms with van der Waals surface area (Å²) in [7, 11) is 0. The van der Waals surface area contributed by atoms with Crippen molar-refractivity contribution in [2.45, 2.75) is 33.6 Å². The molecule has 0 fully saturated rings. The fourth-order valence-corrected chi connectivity index (χ4v) is 1.54. The Hall–Kier alpha value is -0.750. The minimum Gasteiger partial charge on any atom is -0.490 e. The number of hydrogen-bond donors (Lipinski definition) is 0. The van der Waals surface area contributed by atoms with Crippen molar-refractivity contribution in [1.82, 2.24) is 0 Å². The van der Waals surface area contributed by atoms with Gasteiger partial charge in [0.25, 0.3) is 0 Å². The minimum atomic E-state index is 0. The molecule has 2 nitrogen and oxygen atoms in total. The van der Waals surface area contributed by atoms with Crippen molar-refractivity contribution in [3.63, 3.8) is 0 Å². The average molecular weight is 242 g/mol. The van der Waals surface area contributed by atoms with Crippen molar-refractivity contribution in [3.8, 4) is 11.5 Å². The zero-order valence-electron chi connectivity index (χ0n) is 9.45. The summed E-state index contributed by atoms with van der Waals surface area (Å²) < 4.78 is 11.2. The molecule has 0 radical (unpaired) electrons. The molecule has 92 valence electrons. The number of benzene rings is 1. The lowest BCUT2D eigenvalue weighted by atomic mass is 10.0. The molecule has 0 N–H and O–H groups in total. The van der Waals surface area contributed by atoms with Gasteiger partial charge in [0.05, 0.1) is 13.2 Å². The molecule has 1 unspecified atom stereocenters. The SMILES string of the molecule is C.CC(C)c1ccc2c(c1)OCCCO2.P. The van der Waals surface area contributed by atoms with Crippen LogP contribution in [0.25, 0.3) is 0 Å². The van der Waals surface area contributed by atoms with Crippen LogP contribution in [-0.4, -0.2) is 13.2 Å². The Morgan fingerprint density at radius 2 is 1.69 bits per heavy atom. The number of rotatable bonds is 1. The van der Waals surface area contributed by atoms with Crippen LogP contribution in [0.2, 0.25) is 0 Å². The van der Waals surface area contributed by atoms with E-state index >= 15 is 0 Å². The van der Waals surface area contributed by atoms with Crippen molar-refractivity contribution in [2.75, 3.05) is 13.2 Å². The van der Waals surface area contributed by atoms with Crippen LogP contribution in [0, 0.1) is 0 Å². The second-order valence-electron chi connectivity index (χ2n) is 3.91. The Bertz CT molecular complexity index is 324. The third-order valence-electron chi connectivity index (χ3n) is 2.44. The number of hydrogen-bond acceptors (Lipinski definition) is 2. The van der Waals surface area contributed by atoms with E-state index in [0.717, 1.165) is 31.1 Å². The summed E-state index contributed by atoms with van der Waals surface area (Å²) in [6, 6.07) is 6.21. The van der Waals surface area contributed by atoms with E-state index < -0.39 is 0 Å². The number of ether oxygens (including phenoxy) is 2. The van der Waals surface area contributed by atoms with Crippen molar-refractivity contribution in [1.29, 1.82) is 0 Å². The first-order chi connectivity index (χ1) is 6.77. The molecule has 0 spiro atoms. The van der Waals surface area contributed by atoms with Crippen LogP contribution < -0.4 is 9.47 Å². The Balaban J connectivity index is 0.00000112. The highest BCUT2D eigenvalue weighted by atomic mass is 31.0. The molecule has 1 aliphatic rings. The van der Waals surface area contributed by atoms with Gasteiger partial charge in [-0.05, 0) is 23.6 Å². The first-order valence-electron chi connectivity index (χ1n) is 5.17. The first-order valence-corrected chi connectivity index (χ1v) is 5.17. The third kappa shape index (κ3) is 3.38. The van der Waals surface area contributed by atoms with Crippen LogP contribution >= 0.6 is 9.90 Å². The fraction of sp³-hybridized carbons (Fsp3) is 0.538. The van der Waals surface area contributed by atoms with Crippen LogP contribution in [-0.2, 0) is 0 Å². The van der Waals surface area contributed by atoms with Crippen molar-refractivity contribution in [2.24, 2.45) is 0 Å². The topological polar surface area (TPSA) is 18.5 Å². The molecular weight excluding hydrogens is 219 g/mol. The Kier molecular flexibility index (Phi) is 6.43. The lowest BCUT2D eigenvalue weighted by Crippen LogP contribution is -1.97. The molecule has 1 heterocycles. The summed E-state index contributed by atoms with van der Waals surface area (Å²) in [4.78, 5) is 0. The molecule has 0 amide bonds. The summed E-state index contributed by atoms with van der Waals surface area (Å²) in [5.74, 6) is 2.31. The molecule has 0 saturated heterocycles. The maximum Gasteiger partial charge on any atom is 0.161 e. The highest BCUT2D eigenvalue weighted by Crippen LogP contribution is 2.32. The molecule has 0 aliphatic carbocycles. The van der Waals surface area contributed by atoms with Gasteiger partial charge in [-0.2, -0.15) is 9.90 Å². The predicted octanol–water partition coefficient (Wildman–Crippen LogP) is 3.67. The van der Waals surface area contributed by atoms with Crippen molar-refractivity contribution < 1.29 is 9.47 Å². The maximum absolute atomic E-state index is 5.61. The molecule has 0 bridgehead atoms. The molecule has 2 rings (SSSR count). The lowest BCUT2D eigenvalue weighted by Gasteiger charge is -2.10. The van der Waals surface area contributed by atoms with E-state index in [-0.39, 0.29) is 17.3 Å². The largest absolute Gasteiger partial charge is 0.490 e. The molecule has 16 heavy (non-hydrogen) atoms. The molecule has 1 atom stereocenters. The monoisotopic (exact) mass is 242 g/mol. The van der Waals surface area contributed by atoms with Gasteiger partial charge in [-0.3, -0.25) is 0 Å². The van der Waals surface area contributed by atoms with Crippen LogP contribution in [0.4, 0.5) is 0 Å². The molecule has 0 saturated carbocycles. The summed E-state index contributed by atoms with van der Waals surface area (Å²) in [6.45, 7) is 5.88. The summed E-state index contributed by atoms with van der Waals surface area (Å²) in [5, 5.41) is 0. The van der Waals surface area contributed by atoms with E-state index in [9.17, 15) is 0 Å². The Morgan fingerprint density at radius 3 is 2.31 bits per heavy atom. The van der Waals surface area contributed by atoms with Crippen LogP contribution in [0.3, 0.4) is 0 Å². The predicted molar refractivity (Wildman–Crippen MR) is 74.0 cm³/mol. The first kappa shape index (κ1) is 15.2. The van der Waals surface area contributed by atoms with Crippen molar-refractivity contribution in [3.05, 3.63) is 23.8 Å². The van der Waals surface area contributed by atoms with Crippen LogP contribution in [0.15, 0.2) is 18.2 Å². The minimum absolute atomic E-state index is 0. The highest BCUT2D eigenvalue weighted by molar-refractivity contribution is 6.92. The molecule has 1 aromatic carbocycles. The second-order valence-corrected chi connectivity index (χ2v) is 3.91. The van der Waals surface area contributed by atoms with Gasteiger partial charge in [-0.15, -0.1) is 0 Å². The van der Waals surface area contributed by atoms with Crippen LogP contribution in [0.5, 0.6) is 11.5 Å². The molecule has 1 aromatic rings. The van der Waals surface area contributed by atoms with Crippen molar-refractivity contribution >= 4 is 9.90 Å². The van der Waals surface area contributed by atoms with E-state index in [1.54, 1.807) is 0 Å². The van der Waals surface area contributed by atoms with E-state index in [0.29, 0.717) is 5.92 Å². The smallest absolute Gasteiger partial charge is 0.161 e. The van der Waals surface area contributed by atoms with Gasteiger partial charge in [0.1, 0.15) is 0 Å². The zero-order chi connectivity index (χ0) is 9.97. The number of fused-ring (bicyclic) bond motifs is 1. The fourth-order valence-electron chi connectivity index (χ4n) is 1.54. The quantitative estimate of drug-likeness (QED) is 0.700. The van der Waals surface area contributed by atoms with E-state index in [4.69, 9.17) is 9.47 Å². The lowest BCUT2D eigenvalue weighted by molar-refractivity contribution is 0.297. The van der Waals surface area contributed by atoms with E-state index in [1.807, 2.05) is 6.07 Å². The van der Waals surface area contributed by atoms with Gasteiger partial charge in [0.2, 0.25) is 0 Å². The standard InChI is InChI=1S/C12H16O2.CH4.H3P/c1-9(2)10-4-5-11-12(8-10)14-7-3-6-13-11;;/h4-5,8-9H,3,6-7H2,1-2H3;1H4;1H3. The van der Waals surface area contributed by atoms with Gasteiger partial charge in [0, 0.05) is 6.42 Å². The van der Waals surface area contributed by atoms with Gasteiger partial charge >= 0.3 is 0 Å². The molecular formula is C13H23O2P. The average Bonchev–Trinajstić information content (AvgIpc) is 2.41. The zero-order valence-corrected chi connectivity index (χ0v) is 10.9. The second kappa shape index (κ2) is 6.75. The molecule has 3 heteroatoms. The maximum atomic E-state index is 5.61. The highest BCUT2D eigenvalue weighted by Gasteiger charge is 2.11. The van der Waals surface area contributed by atoms with E-state index in [1.165, 1.54) is 5.56 Å². The normalized spacial score (nSPS) is 13.4.